The molecule has 4 saturated carbocycles. The van der Waals surface area contributed by atoms with Gasteiger partial charge in [0.2, 0.25) is 0 Å². The first kappa shape index (κ1) is 25.2. The van der Waals surface area contributed by atoms with Crippen molar-refractivity contribution in [2.75, 3.05) is 6.61 Å². The van der Waals surface area contributed by atoms with Crippen LogP contribution in [0.25, 0.3) is 0 Å². The molecule has 0 saturated heterocycles. The zero-order valence-corrected chi connectivity index (χ0v) is 22.4. The smallest absolute Gasteiger partial charge is 0.103 e. The summed E-state index contributed by atoms with van der Waals surface area (Å²) in [5.41, 5.74) is -0.156. The number of aliphatic hydroxyl groups is 4. The molecule has 5 aliphatic rings. The van der Waals surface area contributed by atoms with Crippen LogP contribution in [-0.4, -0.2) is 44.8 Å². The lowest BCUT2D eigenvalue weighted by atomic mass is 9.43. The summed E-state index contributed by atoms with van der Waals surface area (Å²) in [5.74, 6) is 2.95. The van der Waals surface area contributed by atoms with Gasteiger partial charge in [0.25, 0.3) is 0 Å². The summed E-state index contributed by atoms with van der Waals surface area (Å²) >= 11 is 0. The van der Waals surface area contributed by atoms with Gasteiger partial charge in [0, 0.05) is 12.0 Å². The zero-order valence-electron chi connectivity index (χ0n) is 22.4. The second kappa shape index (κ2) is 8.04. The Kier molecular flexibility index (Phi) is 5.97. The van der Waals surface area contributed by atoms with E-state index in [-0.39, 0.29) is 30.0 Å². The topological polar surface area (TPSA) is 80.9 Å². The highest BCUT2D eigenvalue weighted by Gasteiger charge is 2.70. The summed E-state index contributed by atoms with van der Waals surface area (Å²) in [4.78, 5) is 0. The van der Waals surface area contributed by atoms with Gasteiger partial charge in [-0.2, -0.15) is 0 Å². The predicted octanol–water partition coefficient (Wildman–Crippen LogP) is 4.94. The summed E-state index contributed by atoms with van der Waals surface area (Å²) in [6.07, 6.45) is 8.09. The van der Waals surface area contributed by atoms with E-state index in [2.05, 4.69) is 47.6 Å². The summed E-state index contributed by atoms with van der Waals surface area (Å²) in [6.45, 7) is 14.2. The number of hydrogen-bond donors (Lipinski definition) is 4. The summed E-state index contributed by atoms with van der Waals surface area (Å²) in [6, 6.07) is 0. The van der Waals surface area contributed by atoms with Gasteiger partial charge in [-0.05, 0) is 104 Å². The van der Waals surface area contributed by atoms with Crippen molar-refractivity contribution in [2.24, 2.45) is 57.7 Å². The van der Waals surface area contributed by atoms with E-state index in [9.17, 15) is 20.4 Å². The number of allylic oxidation sites excluding steroid dienone is 1. The average Bonchev–Trinajstić information content (AvgIpc) is 3.35. The normalized spacial score (nSPS) is 54.0. The van der Waals surface area contributed by atoms with Crippen molar-refractivity contribution in [3.8, 4) is 0 Å². The molecule has 194 valence electrons. The first-order valence-electron chi connectivity index (χ1n) is 14.2. The molecule has 4 N–H and O–H groups in total. The largest absolute Gasteiger partial charge is 0.396 e. The van der Waals surface area contributed by atoms with Crippen LogP contribution in [0.2, 0.25) is 0 Å². The first-order valence-corrected chi connectivity index (χ1v) is 14.2. The Labute approximate surface area is 207 Å². The van der Waals surface area contributed by atoms with Crippen LogP contribution in [0.4, 0.5) is 0 Å². The van der Waals surface area contributed by atoms with Crippen LogP contribution in [0.5, 0.6) is 0 Å². The van der Waals surface area contributed by atoms with Crippen LogP contribution >= 0.6 is 0 Å². The SMILES string of the molecule is CC(C)C(C)C1(C)CC1C(CO)C1CCC2C3CC=C4CC(O)CCC4(C)C3(O)C(O)CC12C. The molecule has 0 bridgehead atoms. The van der Waals surface area contributed by atoms with Crippen LogP contribution in [0.1, 0.15) is 92.9 Å². The highest BCUT2D eigenvalue weighted by atomic mass is 16.3. The van der Waals surface area contributed by atoms with Crippen molar-refractivity contribution >= 4 is 0 Å². The molecule has 5 rings (SSSR count). The number of hydrogen-bond acceptors (Lipinski definition) is 4. The van der Waals surface area contributed by atoms with Gasteiger partial charge in [-0.25, -0.2) is 0 Å². The molecule has 12 unspecified atom stereocenters. The van der Waals surface area contributed by atoms with Crippen LogP contribution in [-0.2, 0) is 0 Å². The molecule has 0 radical (unpaired) electrons. The molecule has 4 fully saturated rings. The molecule has 0 aromatic heterocycles. The monoisotopic (exact) mass is 474 g/mol. The molecule has 34 heavy (non-hydrogen) atoms. The first-order chi connectivity index (χ1) is 15.8. The van der Waals surface area contributed by atoms with Crippen molar-refractivity contribution in [1.29, 1.82) is 0 Å². The lowest BCUT2D eigenvalue weighted by molar-refractivity contribution is -0.247. The van der Waals surface area contributed by atoms with Crippen molar-refractivity contribution < 1.29 is 20.4 Å². The average molecular weight is 475 g/mol. The maximum atomic E-state index is 12.4. The van der Waals surface area contributed by atoms with E-state index in [0.717, 1.165) is 31.3 Å². The highest BCUT2D eigenvalue weighted by molar-refractivity contribution is 5.32. The molecular weight excluding hydrogens is 424 g/mol. The molecule has 4 heteroatoms. The van der Waals surface area contributed by atoms with Gasteiger partial charge < -0.3 is 20.4 Å². The minimum atomic E-state index is -1.12. The van der Waals surface area contributed by atoms with E-state index in [1.165, 1.54) is 6.42 Å². The van der Waals surface area contributed by atoms with E-state index in [4.69, 9.17) is 0 Å². The van der Waals surface area contributed by atoms with E-state index >= 15 is 0 Å². The maximum Gasteiger partial charge on any atom is 0.103 e. The Morgan fingerprint density at radius 3 is 2.32 bits per heavy atom. The third kappa shape index (κ3) is 3.17. The van der Waals surface area contributed by atoms with E-state index in [1.807, 2.05) is 0 Å². The lowest BCUT2D eigenvalue weighted by Crippen LogP contribution is -2.69. The Hall–Kier alpha value is -0.420. The molecule has 5 aliphatic carbocycles. The van der Waals surface area contributed by atoms with Crippen molar-refractivity contribution in [1.82, 2.24) is 0 Å². The molecule has 0 amide bonds. The zero-order chi connectivity index (χ0) is 24.8. The lowest BCUT2D eigenvalue weighted by Gasteiger charge is -2.64. The molecule has 12 atom stereocenters. The van der Waals surface area contributed by atoms with Crippen LogP contribution in [0, 0.1) is 57.7 Å². The van der Waals surface area contributed by atoms with Crippen molar-refractivity contribution in [3.63, 3.8) is 0 Å². The van der Waals surface area contributed by atoms with Crippen molar-refractivity contribution in [2.45, 2.75) is 111 Å². The Balaban J connectivity index is 1.45. The summed E-state index contributed by atoms with van der Waals surface area (Å²) in [5, 5.41) is 45.1. The number of aliphatic hydroxyl groups excluding tert-OH is 3. The summed E-state index contributed by atoms with van der Waals surface area (Å²) in [7, 11) is 0. The van der Waals surface area contributed by atoms with Gasteiger partial charge in [-0.3, -0.25) is 0 Å². The highest BCUT2D eigenvalue weighted by Crippen LogP contribution is 2.72. The van der Waals surface area contributed by atoms with Gasteiger partial charge in [0.15, 0.2) is 0 Å². The van der Waals surface area contributed by atoms with Crippen molar-refractivity contribution in [3.05, 3.63) is 11.6 Å². The fraction of sp³-hybridized carbons (Fsp3) is 0.933. The number of rotatable bonds is 5. The molecule has 0 heterocycles. The van der Waals surface area contributed by atoms with Crippen LogP contribution in [0.15, 0.2) is 11.6 Å². The second-order valence-corrected chi connectivity index (χ2v) is 14.3. The maximum absolute atomic E-state index is 12.4. The Morgan fingerprint density at radius 2 is 1.68 bits per heavy atom. The fourth-order valence-corrected chi connectivity index (χ4v) is 10.3. The van der Waals surface area contributed by atoms with E-state index in [0.29, 0.717) is 54.3 Å². The van der Waals surface area contributed by atoms with E-state index < -0.39 is 17.1 Å². The minimum absolute atomic E-state index is 0.0507. The Bertz CT molecular complexity index is 838. The third-order valence-corrected chi connectivity index (χ3v) is 13.0. The minimum Gasteiger partial charge on any atom is -0.396 e. The second-order valence-electron chi connectivity index (χ2n) is 14.3. The van der Waals surface area contributed by atoms with Gasteiger partial charge >= 0.3 is 0 Å². The predicted molar refractivity (Wildman–Crippen MR) is 135 cm³/mol. The standard InChI is InChI=1S/C30H50O4/c1-17(2)18(3)27(4)14-25(27)21(16-31)22-9-10-23-24-8-7-19-13-20(32)11-12-29(19,6)30(24,34)26(33)15-28(22,23)5/h7,17-18,20-26,31-34H,8-16H2,1-6H3. The third-order valence-electron chi connectivity index (χ3n) is 13.0. The van der Waals surface area contributed by atoms with Crippen LogP contribution < -0.4 is 0 Å². The Morgan fingerprint density at radius 1 is 0.971 bits per heavy atom. The van der Waals surface area contributed by atoms with Crippen LogP contribution in [0.3, 0.4) is 0 Å². The molecule has 0 spiro atoms. The van der Waals surface area contributed by atoms with Gasteiger partial charge in [0.1, 0.15) is 5.60 Å². The fourth-order valence-electron chi connectivity index (χ4n) is 10.3. The molecule has 4 nitrogen and oxygen atoms in total. The number of fused-ring (bicyclic) bond motifs is 5. The quantitative estimate of drug-likeness (QED) is 0.426. The van der Waals surface area contributed by atoms with Gasteiger partial charge in [-0.1, -0.05) is 53.2 Å². The summed E-state index contributed by atoms with van der Waals surface area (Å²) < 4.78 is 0. The van der Waals surface area contributed by atoms with Gasteiger partial charge in [0.05, 0.1) is 12.2 Å². The molecular formula is C30H50O4. The van der Waals surface area contributed by atoms with E-state index in [1.54, 1.807) is 0 Å². The molecule has 0 aromatic carbocycles. The molecule has 0 aromatic rings. The molecule has 0 aliphatic heterocycles. The van der Waals surface area contributed by atoms with Gasteiger partial charge in [-0.15, -0.1) is 0 Å².